The van der Waals surface area contributed by atoms with Gasteiger partial charge < -0.3 is 0 Å². The summed E-state index contributed by atoms with van der Waals surface area (Å²) in [7, 11) is -4.05. The fourth-order valence-electron chi connectivity index (χ4n) is 3.81. The summed E-state index contributed by atoms with van der Waals surface area (Å²) in [5.74, 6) is 0. The van der Waals surface area contributed by atoms with Crippen molar-refractivity contribution in [2.75, 3.05) is 0 Å². The summed E-state index contributed by atoms with van der Waals surface area (Å²) in [5, 5.41) is 5.29. The van der Waals surface area contributed by atoms with Gasteiger partial charge in [-0.1, -0.05) is 102 Å². The second-order valence-electron chi connectivity index (χ2n) is 7.59. The van der Waals surface area contributed by atoms with E-state index in [2.05, 4.69) is 0 Å². The monoisotopic (exact) mass is 504 g/mol. The summed E-state index contributed by atoms with van der Waals surface area (Å²) in [6.07, 6.45) is 0. The maximum Gasteiger partial charge on any atom is 0.211 e. The predicted molar refractivity (Wildman–Crippen MR) is 136 cm³/mol. The van der Waals surface area contributed by atoms with Gasteiger partial charge in [0.2, 0.25) is 9.84 Å². The number of benzene rings is 4. The minimum absolute atomic E-state index is 0.0453. The molecule has 5 rings (SSSR count). The minimum Gasteiger partial charge on any atom is -0.231 e. The van der Waals surface area contributed by atoms with Crippen molar-refractivity contribution in [3.8, 4) is 28.2 Å². The van der Waals surface area contributed by atoms with E-state index in [4.69, 9.17) is 28.3 Å². The van der Waals surface area contributed by atoms with Crippen molar-refractivity contribution < 1.29 is 8.42 Å². The van der Waals surface area contributed by atoms with E-state index < -0.39 is 9.84 Å². The Morgan fingerprint density at radius 3 is 1.79 bits per heavy atom. The van der Waals surface area contributed by atoms with Crippen molar-refractivity contribution in [1.29, 1.82) is 0 Å². The Bertz CT molecular complexity index is 1570. The molecule has 4 nitrogen and oxygen atoms in total. The Hall–Kier alpha value is -3.38. The van der Waals surface area contributed by atoms with Crippen molar-refractivity contribution in [2.45, 2.75) is 9.79 Å². The maximum absolute atomic E-state index is 14.2. The average molecular weight is 505 g/mol. The number of hydrogen-bond acceptors (Lipinski definition) is 3. The molecule has 0 aliphatic heterocycles. The molecular weight excluding hydrogens is 487 g/mol. The van der Waals surface area contributed by atoms with Crippen molar-refractivity contribution in [1.82, 2.24) is 9.78 Å². The first-order valence-corrected chi connectivity index (χ1v) is 12.7. The fraction of sp³-hybridized carbons (Fsp3) is 0. The molecule has 4 aromatic carbocycles. The van der Waals surface area contributed by atoms with Gasteiger partial charge in [0, 0.05) is 11.1 Å². The van der Waals surface area contributed by atoms with Crippen LogP contribution in [-0.2, 0) is 9.84 Å². The molecule has 0 aliphatic carbocycles. The van der Waals surface area contributed by atoms with Crippen molar-refractivity contribution in [2.24, 2.45) is 0 Å². The van der Waals surface area contributed by atoms with Gasteiger partial charge in [0.15, 0.2) is 0 Å². The topological polar surface area (TPSA) is 52.0 Å². The van der Waals surface area contributed by atoms with Crippen LogP contribution in [0, 0.1) is 0 Å². The number of hydrogen-bond donors (Lipinski definition) is 0. The first kappa shape index (κ1) is 22.4. The van der Waals surface area contributed by atoms with Gasteiger partial charge in [0.1, 0.15) is 10.6 Å². The van der Waals surface area contributed by atoms with Gasteiger partial charge in [-0.05, 0) is 30.3 Å². The minimum atomic E-state index is -4.05. The van der Waals surface area contributed by atoms with Gasteiger partial charge in [-0.15, -0.1) is 0 Å². The molecule has 0 saturated carbocycles. The lowest BCUT2D eigenvalue weighted by Crippen LogP contribution is -2.06. The number of halogens is 2. The Balaban J connectivity index is 1.91. The van der Waals surface area contributed by atoms with Crippen LogP contribution < -0.4 is 0 Å². The van der Waals surface area contributed by atoms with Crippen molar-refractivity contribution >= 4 is 33.0 Å². The Morgan fingerprint density at radius 1 is 0.647 bits per heavy atom. The van der Waals surface area contributed by atoms with Crippen LogP contribution in [0.2, 0.25) is 10.0 Å². The quantitative estimate of drug-likeness (QED) is 0.251. The number of para-hydroxylation sites is 1. The second kappa shape index (κ2) is 9.11. The van der Waals surface area contributed by atoms with Gasteiger partial charge in [0.05, 0.1) is 26.3 Å². The van der Waals surface area contributed by atoms with Crippen LogP contribution in [0.5, 0.6) is 0 Å². The molecule has 5 aromatic rings. The maximum atomic E-state index is 14.2. The standard InChI is InChI=1S/C27H18Cl2N2O2S/c28-23-17-16-22(18-24(23)29)34(32,33)27-25(19-10-4-1-5-11-19)30-31(21-14-8-3-9-15-21)26(27)20-12-6-2-7-13-20/h1-18H. The third-order valence-electron chi connectivity index (χ3n) is 5.41. The highest BCUT2D eigenvalue weighted by atomic mass is 35.5. The zero-order chi connectivity index (χ0) is 23.7. The average Bonchev–Trinajstić information content (AvgIpc) is 3.29. The summed E-state index contributed by atoms with van der Waals surface area (Å²) < 4.78 is 30.0. The summed E-state index contributed by atoms with van der Waals surface area (Å²) >= 11 is 12.3. The third-order valence-corrected chi connectivity index (χ3v) is 7.94. The third kappa shape index (κ3) is 4.03. The van der Waals surface area contributed by atoms with Crippen molar-refractivity contribution in [3.05, 3.63) is 119 Å². The van der Waals surface area contributed by atoms with Crippen LogP contribution in [0.15, 0.2) is 119 Å². The molecule has 0 bridgehead atoms. The summed E-state index contributed by atoms with van der Waals surface area (Å²) in [4.78, 5) is 0.149. The molecule has 34 heavy (non-hydrogen) atoms. The van der Waals surface area contributed by atoms with Crippen molar-refractivity contribution in [3.63, 3.8) is 0 Å². The molecule has 1 aromatic heterocycles. The van der Waals surface area contributed by atoms with E-state index in [1.54, 1.807) is 4.68 Å². The van der Waals surface area contributed by atoms with Crippen LogP contribution in [0.25, 0.3) is 28.2 Å². The number of sulfone groups is 1. The SMILES string of the molecule is O=S(=O)(c1ccc(Cl)c(Cl)c1)c1c(-c2ccccc2)nn(-c2ccccc2)c1-c1ccccc1. The molecular formula is C27H18Cl2N2O2S. The number of aromatic nitrogens is 2. The summed E-state index contributed by atoms with van der Waals surface area (Å²) in [6, 6.07) is 32.5. The molecule has 0 amide bonds. The molecule has 0 radical (unpaired) electrons. The van der Waals surface area contributed by atoms with E-state index in [1.165, 1.54) is 18.2 Å². The number of nitrogens with zero attached hydrogens (tertiary/aromatic N) is 2. The Kier molecular flexibility index (Phi) is 6.00. The van der Waals surface area contributed by atoms with Gasteiger partial charge in [0.25, 0.3) is 0 Å². The molecule has 0 N–H and O–H groups in total. The highest BCUT2D eigenvalue weighted by molar-refractivity contribution is 7.91. The molecule has 0 saturated heterocycles. The zero-order valence-electron chi connectivity index (χ0n) is 17.8. The smallest absolute Gasteiger partial charge is 0.211 e. The fourth-order valence-corrected chi connectivity index (χ4v) is 5.80. The lowest BCUT2D eigenvalue weighted by Gasteiger charge is -2.12. The molecule has 0 spiro atoms. The van der Waals surface area contributed by atoms with E-state index in [9.17, 15) is 8.42 Å². The summed E-state index contributed by atoms with van der Waals surface area (Å²) in [6.45, 7) is 0. The van der Waals surface area contributed by atoms with Gasteiger partial charge in [-0.25, -0.2) is 13.1 Å². The van der Waals surface area contributed by atoms with E-state index in [0.29, 0.717) is 17.0 Å². The van der Waals surface area contributed by atoms with Crippen LogP contribution in [0.4, 0.5) is 0 Å². The lowest BCUT2D eigenvalue weighted by atomic mass is 10.1. The normalized spacial score (nSPS) is 11.5. The second-order valence-corrected chi connectivity index (χ2v) is 10.3. The first-order valence-electron chi connectivity index (χ1n) is 10.5. The largest absolute Gasteiger partial charge is 0.231 e. The molecule has 0 atom stereocenters. The van der Waals surface area contributed by atoms with Gasteiger partial charge in [-0.3, -0.25) is 0 Å². The molecule has 0 aliphatic rings. The lowest BCUT2D eigenvalue weighted by molar-refractivity contribution is 0.596. The Labute approximate surface area is 207 Å². The number of rotatable bonds is 5. The Morgan fingerprint density at radius 2 is 1.21 bits per heavy atom. The van der Waals surface area contributed by atoms with Crippen LogP contribution in [0.3, 0.4) is 0 Å². The molecule has 0 unspecified atom stereocenters. The van der Waals surface area contributed by atoms with Crippen LogP contribution in [-0.4, -0.2) is 18.2 Å². The van der Waals surface area contributed by atoms with E-state index in [1.807, 2.05) is 91.0 Å². The van der Waals surface area contributed by atoms with Gasteiger partial charge in [-0.2, -0.15) is 5.10 Å². The molecule has 0 fully saturated rings. The predicted octanol–water partition coefficient (Wildman–Crippen LogP) is 7.35. The zero-order valence-corrected chi connectivity index (χ0v) is 20.1. The first-order chi connectivity index (χ1) is 16.5. The van der Waals surface area contributed by atoms with Crippen LogP contribution >= 0.6 is 23.2 Å². The summed E-state index contributed by atoms with van der Waals surface area (Å²) in [5.41, 5.74) is 2.98. The highest BCUT2D eigenvalue weighted by Crippen LogP contribution is 2.41. The molecule has 1 heterocycles. The van der Waals surface area contributed by atoms with E-state index in [-0.39, 0.29) is 19.8 Å². The van der Waals surface area contributed by atoms with E-state index >= 15 is 0 Å². The van der Waals surface area contributed by atoms with Crippen LogP contribution in [0.1, 0.15) is 0 Å². The molecule has 168 valence electrons. The highest BCUT2D eigenvalue weighted by Gasteiger charge is 2.32. The molecule has 7 heteroatoms. The van der Waals surface area contributed by atoms with E-state index in [0.717, 1.165) is 11.3 Å². The van der Waals surface area contributed by atoms with Gasteiger partial charge >= 0.3 is 0 Å².